The fourth-order valence-corrected chi connectivity index (χ4v) is 1.68. The number of carboxylic acid groups (broad SMARTS) is 1. The molecule has 0 aliphatic carbocycles. The fraction of sp³-hybridized carbons (Fsp3) is 0.200. The number of nitrogens with two attached hydrogens (primary N) is 1. The van der Waals surface area contributed by atoms with Gasteiger partial charge in [-0.05, 0) is 23.3 Å². The number of fused-ring (bicyclic) bond motifs is 1. The largest absolute Gasteiger partial charge is 0.478 e. The van der Waals surface area contributed by atoms with E-state index in [-0.39, 0.29) is 5.56 Å². The van der Waals surface area contributed by atoms with Gasteiger partial charge in [-0.2, -0.15) is 0 Å². The third kappa shape index (κ3) is 1.63. The Hall–Kier alpha value is -2.04. The minimum absolute atomic E-state index is 0.236. The molecule has 1 aromatic rings. The van der Waals surface area contributed by atoms with Gasteiger partial charge in [-0.15, -0.1) is 0 Å². The number of hydrogen-bond donors (Lipinski definition) is 2. The van der Waals surface area contributed by atoms with Crippen LogP contribution in [0.25, 0.3) is 0 Å². The Labute approximate surface area is 86.1 Å². The Morgan fingerprint density at radius 1 is 1.27 bits per heavy atom. The van der Waals surface area contributed by atoms with Crippen molar-refractivity contribution in [2.75, 3.05) is 0 Å². The van der Waals surface area contributed by atoms with E-state index in [1.807, 2.05) is 0 Å². The summed E-state index contributed by atoms with van der Waals surface area (Å²) in [7, 11) is 0. The third-order valence-corrected chi connectivity index (χ3v) is 2.49. The second-order valence-electron chi connectivity index (χ2n) is 3.48. The molecule has 0 spiro atoms. The number of urea groups is 1. The molecule has 1 heterocycles. The predicted molar refractivity (Wildman–Crippen MR) is 52.2 cm³/mol. The number of primary amides is 1. The van der Waals surface area contributed by atoms with Crippen molar-refractivity contribution in [2.45, 2.75) is 13.1 Å². The summed E-state index contributed by atoms with van der Waals surface area (Å²) in [5.74, 6) is -0.963. The molecule has 1 aromatic carbocycles. The first-order chi connectivity index (χ1) is 7.08. The van der Waals surface area contributed by atoms with E-state index >= 15 is 0 Å². The normalized spacial score (nSPS) is 13.7. The van der Waals surface area contributed by atoms with E-state index in [1.54, 1.807) is 12.1 Å². The highest BCUT2D eigenvalue weighted by molar-refractivity contribution is 5.88. The van der Waals surface area contributed by atoms with Gasteiger partial charge < -0.3 is 15.7 Å². The van der Waals surface area contributed by atoms with Gasteiger partial charge in [-0.3, -0.25) is 0 Å². The summed E-state index contributed by atoms with van der Waals surface area (Å²) in [6, 6.07) is 4.36. The summed E-state index contributed by atoms with van der Waals surface area (Å²) in [5, 5.41) is 8.79. The number of aromatic carboxylic acids is 1. The predicted octanol–water partition coefficient (Wildman–Crippen LogP) is 0.779. The molecule has 0 bridgehead atoms. The van der Waals surface area contributed by atoms with Gasteiger partial charge in [0, 0.05) is 13.1 Å². The molecule has 0 saturated carbocycles. The molecule has 0 saturated heterocycles. The SMILES string of the molecule is NC(=O)N1Cc2ccc(C(=O)O)cc2C1. The van der Waals surface area contributed by atoms with Gasteiger partial charge in [0.05, 0.1) is 5.56 Å². The summed E-state index contributed by atoms with van der Waals surface area (Å²) in [4.78, 5) is 23.1. The minimum atomic E-state index is -0.963. The van der Waals surface area contributed by atoms with Crippen LogP contribution in [0, 0.1) is 0 Å². The van der Waals surface area contributed by atoms with E-state index in [0.29, 0.717) is 13.1 Å². The molecule has 5 nitrogen and oxygen atoms in total. The number of rotatable bonds is 1. The Balaban J connectivity index is 2.31. The second-order valence-corrected chi connectivity index (χ2v) is 3.48. The van der Waals surface area contributed by atoms with E-state index in [4.69, 9.17) is 10.8 Å². The molecule has 15 heavy (non-hydrogen) atoms. The number of carbonyl (C=O) groups is 2. The Morgan fingerprint density at radius 3 is 2.53 bits per heavy atom. The van der Waals surface area contributed by atoms with E-state index in [1.165, 1.54) is 11.0 Å². The Morgan fingerprint density at radius 2 is 1.93 bits per heavy atom. The average molecular weight is 206 g/mol. The van der Waals surface area contributed by atoms with E-state index in [9.17, 15) is 9.59 Å². The molecule has 2 amide bonds. The van der Waals surface area contributed by atoms with Crippen LogP contribution < -0.4 is 5.73 Å². The molecular formula is C10H10N2O3. The van der Waals surface area contributed by atoms with Crippen molar-refractivity contribution in [3.63, 3.8) is 0 Å². The molecule has 0 atom stereocenters. The van der Waals surface area contributed by atoms with Crippen molar-refractivity contribution in [3.8, 4) is 0 Å². The topological polar surface area (TPSA) is 83.6 Å². The van der Waals surface area contributed by atoms with E-state index < -0.39 is 12.0 Å². The van der Waals surface area contributed by atoms with Crippen molar-refractivity contribution in [1.29, 1.82) is 0 Å². The molecule has 78 valence electrons. The van der Waals surface area contributed by atoms with Crippen molar-refractivity contribution in [3.05, 3.63) is 34.9 Å². The quantitative estimate of drug-likeness (QED) is 0.712. The highest BCUT2D eigenvalue weighted by atomic mass is 16.4. The van der Waals surface area contributed by atoms with Crippen molar-refractivity contribution in [1.82, 2.24) is 4.90 Å². The molecule has 0 aromatic heterocycles. The smallest absolute Gasteiger partial charge is 0.335 e. The first kappa shape index (κ1) is 9.51. The van der Waals surface area contributed by atoms with Crippen LogP contribution in [-0.4, -0.2) is 22.0 Å². The highest BCUT2D eigenvalue weighted by Gasteiger charge is 2.22. The van der Waals surface area contributed by atoms with Crippen LogP contribution in [0.15, 0.2) is 18.2 Å². The standard InChI is InChI=1S/C10H10N2O3/c11-10(15)12-4-7-2-1-6(9(13)14)3-8(7)5-12/h1-3H,4-5H2,(H2,11,15)(H,13,14). The first-order valence-electron chi connectivity index (χ1n) is 4.47. The van der Waals surface area contributed by atoms with Crippen molar-refractivity contribution >= 4 is 12.0 Å². The van der Waals surface area contributed by atoms with Crippen LogP contribution >= 0.6 is 0 Å². The lowest BCUT2D eigenvalue weighted by Gasteiger charge is -2.10. The molecule has 0 unspecified atom stereocenters. The number of amides is 2. The molecule has 0 fully saturated rings. The van der Waals surface area contributed by atoms with Crippen LogP contribution in [0.5, 0.6) is 0 Å². The number of nitrogens with zero attached hydrogens (tertiary/aromatic N) is 1. The summed E-state index contributed by atoms with van der Waals surface area (Å²) in [6.07, 6.45) is 0. The molecule has 3 N–H and O–H groups in total. The zero-order chi connectivity index (χ0) is 11.0. The van der Waals surface area contributed by atoms with E-state index in [2.05, 4.69) is 0 Å². The van der Waals surface area contributed by atoms with Gasteiger partial charge in [0.25, 0.3) is 0 Å². The zero-order valence-corrected chi connectivity index (χ0v) is 7.93. The second kappa shape index (κ2) is 3.27. The summed E-state index contributed by atoms with van der Waals surface area (Å²) in [6.45, 7) is 0.857. The third-order valence-electron chi connectivity index (χ3n) is 2.49. The van der Waals surface area contributed by atoms with Crippen LogP contribution in [0.1, 0.15) is 21.5 Å². The first-order valence-corrected chi connectivity index (χ1v) is 4.47. The molecule has 2 rings (SSSR count). The maximum Gasteiger partial charge on any atom is 0.335 e. The van der Waals surface area contributed by atoms with Crippen LogP contribution in [0.4, 0.5) is 4.79 Å². The lowest BCUT2D eigenvalue weighted by Crippen LogP contribution is -2.30. The monoisotopic (exact) mass is 206 g/mol. The molecular weight excluding hydrogens is 196 g/mol. The summed E-state index contributed by atoms with van der Waals surface area (Å²) >= 11 is 0. The summed E-state index contributed by atoms with van der Waals surface area (Å²) in [5.41, 5.74) is 7.19. The van der Waals surface area contributed by atoms with Crippen molar-refractivity contribution < 1.29 is 14.7 Å². The van der Waals surface area contributed by atoms with Crippen LogP contribution in [0.3, 0.4) is 0 Å². The maximum atomic E-state index is 10.9. The fourth-order valence-electron chi connectivity index (χ4n) is 1.68. The van der Waals surface area contributed by atoms with E-state index in [0.717, 1.165) is 11.1 Å². The van der Waals surface area contributed by atoms with Crippen LogP contribution in [-0.2, 0) is 13.1 Å². The maximum absolute atomic E-state index is 10.9. The zero-order valence-electron chi connectivity index (χ0n) is 7.93. The number of benzene rings is 1. The average Bonchev–Trinajstić information content (AvgIpc) is 2.59. The van der Waals surface area contributed by atoms with Crippen molar-refractivity contribution in [2.24, 2.45) is 5.73 Å². The summed E-state index contributed by atoms with van der Waals surface area (Å²) < 4.78 is 0. The van der Waals surface area contributed by atoms with Gasteiger partial charge in [-0.1, -0.05) is 6.07 Å². The number of hydrogen-bond acceptors (Lipinski definition) is 2. The lowest BCUT2D eigenvalue weighted by atomic mass is 10.1. The van der Waals surface area contributed by atoms with Gasteiger partial charge in [0.2, 0.25) is 0 Å². The van der Waals surface area contributed by atoms with Gasteiger partial charge in [-0.25, -0.2) is 9.59 Å². The molecule has 5 heteroatoms. The van der Waals surface area contributed by atoms with Gasteiger partial charge >= 0.3 is 12.0 Å². The lowest BCUT2D eigenvalue weighted by molar-refractivity contribution is 0.0696. The number of carboxylic acids is 1. The molecule has 1 aliphatic heterocycles. The van der Waals surface area contributed by atoms with Gasteiger partial charge in [0.15, 0.2) is 0 Å². The molecule has 0 radical (unpaired) electrons. The van der Waals surface area contributed by atoms with Gasteiger partial charge in [0.1, 0.15) is 0 Å². The highest BCUT2D eigenvalue weighted by Crippen LogP contribution is 2.23. The number of carbonyl (C=O) groups excluding carboxylic acids is 1. The minimum Gasteiger partial charge on any atom is -0.478 e. The van der Waals surface area contributed by atoms with Crippen LogP contribution in [0.2, 0.25) is 0 Å². The Bertz CT molecular complexity index is 442. The molecule has 1 aliphatic rings. The Kier molecular flexibility index (Phi) is 2.07.